The first-order valence-corrected chi connectivity index (χ1v) is 13.8. The predicted octanol–water partition coefficient (Wildman–Crippen LogP) is 4.98. The minimum atomic E-state index is -0.516. The van der Waals surface area contributed by atoms with E-state index in [1.165, 1.54) is 16.0 Å². The van der Waals surface area contributed by atoms with Gasteiger partial charge in [-0.2, -0.15) is 0 Å². The molecule has 4 bridgehead atoms. The molecule has 6 aliphatic rings. The summed E-state index contributed by atoms with van der Waals surface area (Å²) in [6, 6.07) is 17.8. The zero-order chi connectivity index (χ0) is 25.3. The molecule has 0 radical (unpaired) electrons. The Balaban J connectivity index is 1.31. The van der Waals surface area contributed by atoms with E-state index in [1.807, 2.05) is 30.3 Å². The van der Waals surface area contributed by atoms with Crippen molar-refractivity contribution >= 4 is 29.4 Å². The molecule has 9 atom stereocenters. The lowest BCUT2D eigenvalue weighted by atomic mass is 9.48. The van der Waals surface area contributed by atoms with Crippen LogP contribution >= 0.6 is 0 Å². The minimum absolute atomic E-state index is 0.0194. The van der Waals surface area contributed by atoms with Gasteiger partial charge in [0.1, 0.15) is 6.10 Å². The van der Waals surface area contributed by atoms with E-state index in [1.54, 1.807) is 0 Å². The van der Waals surface area contributed by atoms with Gasteiger partial charge in [-0.25, -0.2) is 0 Å². The molecule has 3 aliphatic carbocycles. The molecule has 8 rings (SSSR count). The molecule has 0 unspecified atom stereocenters. The van der Waals surface area contributed by atoms with Gasteiger partial charge in [0.25, 0.3) is 0 Å². The van der Waals surface area contributed by atoms with Crippen LogP contribution in [-0.4, -0.2) is 29.3 Å². The second-order valence-corrected chi connectivity index (χ2v) is 12.4. The third kappa shape index (κ3) is 2.43. The van der Waals surface area contributed by atoms with Crippen molar-refractivity contribution in [2.45, 2.75) is 51.2 Å². The summed E-state index contributed by atoms with van der Waals surface area (Å²) < 4.78 is 6.78. The van der Waals surface area contributed by atoms with E-state index in [0.717, 1.165) is 31.2 Å². The highest BCUT2D eigenvalue weighted by Gasteiger charge is 2.84. The Labute approximate surface area is 216 Å². The molecule has 3 saturated heterocycles. The summed E-state index contributed by atoms with van der Waals surface area (Å²) in [5, 5.41) is 0. The van der Waals surface area contributed by atoms with Crippen LogP contribution in [0.2, 0.25) is 0 Å². The van der Waals surface area contributed by atoms with Crippen LogP contribution in [0.25, 0.3) is 6.08 Å². The fourth-order valence-corrected chi connectivity index (χ4v) is 9.65. The molecule has 3 saturated carbocycles. The van der Waals surface area contributed by atoms with Crippen molar-refractivity contribution in [2.24, 2.45) is 40.9 Å². The second-order valence-electron chi connectivity index (χ2n) is 12.4. The summed E-state index contributed by atoms with van der Waals surface area (Å²) in [4.78, 5) is 43.4. The Morgan fingerprint density at radius 2 is 1.54 bits per heavy atom. The number of Topliss-reactive ketones (excluding diaryl/α,β-unsaturated/α-hetero) is 1. The highest BCUT2D eigenvalue weighted by Crippen LogP contribution is 2.77. The number of amides is 2. The number of carbonyl (C=O) groups is 3. The Morgan fingerprint density at radius 3 is 2.27 bits per heavy atom. The molecule has 6 fully saturated rings. The number of carbonyl (C=O) groups excluding carboxylic acids is 3. The number of allylic oxidation sites excluding steroid dienone is 1. The molecule has 188 valence electrons. The molecule has 37 heavy (non-hydrogen) atoms. The van der Waals surface area contributed by atoms with E-state index in [4.69, 9.17) is 4.74 Å². The third-order valence-electron chi connectivity index (χ3n) is 11.0. The molecule has 0 aromatic heterocycles. The van der Waals surface area contributed by atoms with Crippen LogP contribution in [-0.2, 0) is 19.1 Å². The summed E-state index contributed by atoms with van der Waals surface area (Å²) in [6.07, 6.45) is 5.60. The first-order valence-electron chi connectivity index (χ1n) is 13.8. The Bertz CT molecular complexity index is 1400. The average Bonchev–Trinajstić information content (AvgIpc) is 3.63. The normalized spacial score (nSPS) is 44.1. The largest absolute Gasteiger partial charge is 0.362 e. The lowest BCUT2D eigenvalue weighted by Crippen LogP contribution is -2.60. The average molecular weight is 494 g/mol. The van der Waals surface area contributed by atoms with Crippen molar-refractivity contribution in [1.82, 2.24) is 0 Å². The molecule has 2 aromatic carbocycles. The van der Waals surface area contributed by atoms with Gasteiger partial charge in [0.15, 0.2) is 5.78 Å². The molecular weight excluding hydrogens is 462 g/mol. The van der Waals surface area contributed by atoms with Crippen LogP contribution in [0, 0.1) is 47.8 Å². The number of ketones is 1. The standard InChI is InChI=1S/C32H31NO4/c1-17-10-12-18(13-11-17)16-20-21-23-24(30(36)33(29(23)35)19-8-4-3-5-9-19)22(20)26-25(21)27-28(34)31(2)14-6-7-15-32(26,31)37-27/h3-5,8-13,16,21-27H,6-7,14-15H2,1-2H3/t21-,22+,23-,24+,25-,26+,27-,31-,32+/m0/s1. The topological polar surface area (TPSA) is 63.7 Å². The third-order valence-corrected chi connectivity index (χ3v) is 11.0. The van der Waals surface area contributed by atoms with Crippen molar-refractivity contribution in [3.63, 3.8) is 0 Å². The van der Waals surface area contributed by atoms with E-state index in [2.05, 4.69) is 44.2 Å². The van der Waals surface area contributed by atoms with Gasteiger partial charge < -0.3 is 4.74 Å². The van der Waals surface area contributed by atoms with Gasteiger partial charge in [0.2, 0.25) is 11.8 Å². The lowest BCUT2D eigenvalue weighted by molar-refractivity contribution is -0.146. The first-order chi connectivity index (χ1) is 17.9. The lowest BCUT2D eigenvalue weighted by Gasteiger charge is -2.52. The molecule has 1 spiro atoms. The van der Waals surface area contributed by atoms with Gasteiger partial charge in [-0.3, -0.25) is 19.3 Å². The number of imide groups is 1. The van der Waals surface area contributed by atoms with Crippen molar-refractivity contribution in [3.05, 3.63) is 71.3 Å². The number of ether oxygens (including phenoxy) is 1. The molecule has 0 N–H and O–H groups in total. The van der Waals surface area contributed by atoms with Crippen LogP contribution < -0.4 is 4.90 Å². The quantitative estimate of drug-likeness (QED) is 0.554. The van der Waals surface area contributed by atoms with Gasteiger partial charge in [0.05, 0.1) is 28.5 Å². The van der Waals surface area contributed by atoms with E-state index >= 15 is 0 Å². The maximum Gasteiger partial charge on any atom is 0.238 e. The van der Waals surface area contributed by atoms with Crippen LogP contribution in [0.1, 0.15) is 43.7 Å². The van der Waals surface area contributed by atoms with Crippen molar-refractivity contribution in [3.8, 4) is 0 Å². The van der Waals surface area contributed by atoms with Gasteiger partial charge in [-0.15, -0.1) is 0 Å². The molecule has 5 heteroatoms. The Hall–Kier alpha value is -3.05. The van der Waals surface area contributed by atoms with Gasteiger partial charge in [-0.05, 0) is 56.2 Å². The predicted molar refractivity (Wildman–Crippen MR) is 138 cm³/mol. The highest BCUT2D eigenvalue weighted by atomic mass is 16.5. The van der Waals surface area contributed by atoms with Crippen LogP contribution in [0.15, 0.2) is 60.2 Å². The van der Waals surface area contributed by atoms with Crippen LogP contribution in [0.3, 0.4) is 0 Å². The number of rotatable bonds is 2. The smallest absolute Gasteiger partial charge is 0.238 e. The summed E-state index contributed by atoms with van der Waals surface area (Å²) in [5.41, 5.74) is 3.14. The summed E-state index contributed by atoms with van der Waals surface area (Å²) >= 11 is 0. The first kappa shape index (κ1) is 22.0. The number of fused-ring (bicyclic) bond motifs is 10. The van der Waals surface area contributed by atoms with Crippen molar-refractivity contribution in [1.29, 1.82) is 0 Å². The fourth-order valence-electron chi connectivity index (χ4n) is 9.65. The Kier molecular flexibility index (Phi) is 4.20. The number of hydrogen-bond donors (Lipinski definition) is 0. The monoisotopic (exact) mass is 493 g/mol. The van der Waals surface area contributed by atoms with E-state index in [-0.39, 0.29) is 47.2 Å². The minimum Gasteiger partial charge on any atom is -0.362 e. The zero-order valence-electron chi connectivity index (χ0n) is 21.2. The molecule has 5 nitrogen and oxygen atoms in total. The number of aryl methyl sites for hydroxylation is 1. The number of hydrogen-bond acceptors (Lipinski definition) is 4. The van der Waals surface area contributed by atoms with Gasteiger partial charge in [-0.1, -0.05) is 72.5 Å². The summed E-state index contributed by atoms with van der Waals surface area (Å²) in [7, 11) is 0. The van der Waals surface area contributed by atoms with E-state index in [0.29, 0.717) is 5.69 Å². The van der Waals surface area contributed by atoms with Crippen molar-refractivity contribution in [2.75, 3.05) is 4.90 Å². The van der Waals surface area contributed by atoms with Gasteiger partial charge in [0, 0.05) is 11.8 Å². The number of nitrogens with zero attached hydrogens (tertiary/aromatic N) is 1. The Morgan fingerprint density at radius 1 is 0.865 bits per heavy atom. The van der Waals surface area contributed by atoms with Crippen LogP contribution in [0.5, 0.6) is 0 Å². The van der Waals surface area contributed by atoms with Crippen molar-refractivity contribution < 1.29 is 19.1 Å². The molecule has 2 aromatic rings. The summed E-state index contributed by atoms with van der Waals surface area (Å²) in [6.45, 7) is 4.19. The van der Waals surface area contributed by atoms with Crippen LogP contribution in [0.4, 0.5) is 5.69 Å². The number of anilines is 1. The maximum absolute atomic E-state index is 14.1. The maximum atomic E-state index is 14.1. The fraction of sp³-hybridized carbons (Fsp3) is 0.469. The summed E-state index contributed by atoms with van der Waals surface area (Å²) in [5.74, 6) is -0.861. The molecule has 3 heterocycles. The SMILES string of the molecule is Cc1ccc(C=C2[C@@H]3[C@H]4C(=O)N(c5ccccc5)C(=O)[C@H]4[C@H]2[C@H]2[C@@H]3[C@]34CCCC[C@@]3(C)C(=O)[C@H]2O4)cc1. The van der Waals surface area contributed by atoms with Gasteiger partial charge >= 0.3 is 0 Å². The zero-order valence-corrected chi connectivity index (χ0v) is 21.2. The second kappa shape index (κ2) is 7.08. The molecular formula is C32H31NO4. The number of benzene rings is 2. The number of para-hydroxylation sites is 1. The van der Waals surface area contributed by atoms with E-state index < -0.39 is 23.0 Å². The molecule has 2 amide bonds. The van der Waals surface area contributed by atoms with E-state index in [9.17, 15) is 14.4 Å². The molecule has 3 aliphatic heterocycles. The highest BCUT2D eigenvalue weighted by molar-refractivity contribution is 6.23.